The van der Waals surface area contributed by atoms with Crippen molar-refractivity contribution in [3.63, 3.8) is 0 Å². The van der Waals surface area contributed by atoms with Gasteiger partial charge in [-0.25, -0.2) is 0 Å². The zero-order valence-electron chi connectivity index (χ0n) is 13.4. The first-order valence-electron chi connectivity index (χ1n) is 7.19. The van der Waals surface area contributed by atoms with Crippen LogP contribution in [-0.4, -0.2) is 27.2 Å². The zero-order chi connectivity index (χ0) is 15.5. The predicted octanol–water partition coefficient (Wildman–Crippen LogP) is 5.48. The van der Waals surface area contributed by atoms with Crippen molar-refractivity contribution in [2.24, 2.45) is 0 Å². The molecule has 0 heterocycles. The average Bonchev–Trinajstić information content (AvgIpc) is 2.98. The normalized spacial score (nSPS) is 11.2. The summed E-state index contributed by atoms with van der Waals surface area (Å²) in [5.74, 6) is 0. The molecule has 0 saturated heterocycles. The van der Waals surface area contributed by atoms with Crippen molar-refractivity contribution in [1.29, 1.82) is 0 Å². The van der Waals surface area contributed by atoms with E-state index in [9.17, 15) is 0 Å². The van der Waals surface area contributed by atoms with Crippen LogP contribution in [0.1, 0.15) is 26.2 Å². The van der Waals surface area contributed by atoms with Crippen LogP contribution in [0.25, 0.3) is 10.6 Å². The molecule has 0 aromatic carbocycles. The van der Waals surface area contributed by atoms with Crippen LogP contribution in [0, 0.1) is 0 Å². The minimum atomic E-state index is 0.306. The van der Waals surface area contributed by atoms with Gasteiger partial charge in [-0.3, -0.25) is 0 Å². The number of hydrogen-bond acceptors (Lipinski definition) is 0. The third kappa shape index (κ3) is 19.9. The molecule has 2 nitrogen and oxygen atoms in total. The van der Waals surface area contributed by atoms with Gasteiger partial charge in [-0.2, -0.15) is 14.1 Å². The Morgan fingerprint density at radius 3 is 1.95 bits per heavy atom. The third-order valence-corrected chi connectivity index (χ3v) is 4.13. The monoisotopic (exact) mass is 310 g/mol. The van der Waals surface area contributed by atoms with E-state index in [2.05, 4.69) is 48.9 Å². The van der Waals surface area contributed by atoms with E-state index in [0.29, 0.717) is 19.2 Å². The van der Waals surface area contributed by atoms with Crippen molar-refractivity contribution >= 4 is 0 Å². The van der Waals surface area contributed by atoms with Crippen molar-refractivity contribution in [2.45, 2.75) is 30.9 Å². The fourth-order valence-corrected chi connectivity index (χ4v) is 2.70. The molecule has 0 fully saturated rings. The summed E-state index contributed by atoms with van der Waals surface area (Å²) in [5.41, 5.74) is 0. The van der Waals surface area contributed by atoms with Crippen molar-refractivity contribution in [1.82, 2.24) is 0 Å². The first-order valence-corrected chi connectivity index (χ1v) is 9.07. The van der Waals surface area contributed by atoms with Gasteiger partial charge in [0.15, 0.2) is 0 Å². The van der Waals surface area contributed by atoms with Crippen LogP contribution in [0.5, 0.6) is 0 Å². The molecule has 0 aromatic rings. The van der Waals surface area contributed by atoms with Gasteiger partial charge in [0.2, 0.25) is 0 Å². The van der Waals surface area contributed by atoms with Crippen molar-refractivity contribution < 1.29 is 19.2 Å². The fraction of sp³-hybridized carbons (Fsp3) is 0.529. The van der Waals surface area contributed by atoms with E-state index < -0.39 is 0 Å². The molecule has 0 unspecified atom stereocenters. The Morgan fingerprint density at radius 2 is 1.70 bits per heavy atom. The van der Waals surface area contributed by atoms with Crippen molar-refractivity contribution in [2.75, 3.05) is 27.2 Å². The van der Waals surface area contributed by atoms with Gasteiger partial charge in [0, 0.05) is 0 Å². The van der Waals surface area contributed by atoms with E-state index in [0.717, 1.165) is 25.9 Å². The van der Waals surface area contributed by atoms with Gasteiger partial charge in [0.1, 0.15) is 0 Å². The second-order valence-corrected chi connectivity index (χ2v) is 6.75. The minimum absolute atomic E-state index is 0.306. The molecule has 0 spiro atoms. The van der Waals surface area contributed by atoms with Crippen LogP contribution in [-0.2, 0) is 19.2 Å². The molecule has 0 aliphatic heterocycles. The summed E-state index contributed by atoms with van der Waals surface area (Å²) in [5, 5.41) is 7.71. The number of allylic oxidation sites excluding steroid dienone is 4. The molecular formula is C17H30N2Ti. The van der Waals surface area contributed by atoms with Gasteiger partial charge in [0.25, 0.3) is 0 Å². The van der Waals surface area contributed by atoms with E-state index >= 15 is 0 Å². The van der Waals surface area contributed by atoms with Gasteiger partial charge in [0.05, 0.1) is 0 Å². The summed E-state index contributed by atoms with van der Waals surface area (Å²) in [6.07, 6.45) is 13.7. The van der Waals surface area contributed by atoms with E-state index in [1.54, 1.807) is 3.88 Å². The predicted molar refractivity (Wildman–Crippen MR) is 90.2 cm³/mol. The quantitative estimate of drug-likeness (QED) is 0.322. The number of nitrogens with zero attached hydrogens (tertiary/aromatic N) is 2. The third-order valence-electron chi connectivity index (χ3n) is 2.29. The second kappa shape index (κ2) is 20.9. The molecule has 0 aromatic heterocycles. The standard InChI is InChI=1S/2C5H10N.C5H5.C2H5.Ti/c2*1-3-4-5-6-2;1-2-4-5-3-1;1-2;/h2*3H,1,4-5H2,2H3;1-3H,4H2;1H2,2H3;/q2*-1;;;+2. The fourth-order valence-electron chi connectivity index (χ4n) is 1.25. The van der Waals surface area contributed by atoms with Crippen molar-refractivity contribution in [3.05, 3.63) is 58.0 Å². The van der Waals surface area contributed by atoms with Crippen LogP contribution in [0.15, 0.2) is 47.4 Å². The molecule has 1 rings (SSSR count). The van der Waals surface area contributed by atoms with E-state index in [-0.39, 0.29) is 0 Å². The SMILES string of the molecule is C=CCC[N-]C.C=CCC[N-]C.C[CH2][Ti+2][C]1=CC=CC1. The van der Waals surface area contributed by atoms with Crippen LogP contribution >= 0.6 is 0 Å². The topological polar surface area (TPSA) is 28.2 Å². The van der Waals surface area contributed by atoms with E-state index in [4.69, 9.17) is 0 Å². The first kappa shape index (κ1) is 21.9. The zero-order valence-corrected chi connectivity index (χ0v) is 15.0. The van der Waals surface area contributed by atoms with Crippen molar-refractivity contribution in [3.8, 4) is 0 Å². The summed E-state index contributed by atoms with van der Waals surface area (Å²) in [4.78, 5) is 0. The summed E-state index contributed by atoms with van der Waals surface area (Å²) in [7, 11) is 3.62. The number of hydrogen-bond donors (Lipinski definition) is 0. The molecule has 0 radical (unpaired) electrons. The Kier molecular flexibility index (Phi) is 22.9. The summed E-state index contributed by atoms with van der Waals surface area (Å²) < 4.78 is 3.13. The molecule has 112 valence electrons. The van der Waals surface area contributed by atoms with Gasteiger partial charge < -0.3 is 10.6 Å². The van der Waals surface area contributed by atoms with Gasteiger partial charge in [-0.15, -0.1) is 26.2 Å². The molecule has 20 heavy (non-hydrogen) atoms. The Labute approximate surface area is 135 Å². The van der Waals surface area contributed by atoms with Gasteiger partial charge in [-0.05, 0) is 0 Å². The first-order chi connectivity index (χ1) is 9.76. The summed E-state index contributed by atoms with van der Waals surface area (Å²) in [6, 6.07) is 0. The molecule has 0 bridgehead atoms. The van der Waals surface area contributed by atoms with E-state index in [1.165, 1.54) is 11.1 Å². The molecule has 0 saturated carbocycles. The van der Waals surface area contributed by atoms with Gasteiger partial charge >= 0.3 is 59.3 Å². The van der Waals surface area contributed by atoms with Crippen LogP contribution in [0.3, 0.4) is 0 Å². The second-order valence-electron chi connectivity index (χ2n) is 4.09. The molecular weight excluding hydrogens is 280 g/mol. The molecule has 3 heteroatoms. The number of rotatable bonds is 8. The molecule has 0 amide bonds. The molecule has 1 aliphatic rings. The maximum atomic E-state index is 3.85. The Balaban J connectivity index is 0. The summed E-state index contributed by atoms with van der Waals surface area (Å²) in [6.45, 7) is 11.2. The van der Waals surface area contributed by atoms with Crippen LogP contribution in [0.4, 0.5) is 0 Å². The summed E-state index contributed by atoms with van der Waals surface area (Å²) >= 11 is 0.306. The Morgan fingerprint density at radius 1 is 1.15 bits per heavy atom. The van der Waals surface area contributed by atoms with Crippen LogP contribution < -0.4 is 0 Å². The van der Waals surface area contributed by atoms with E-state index in [1.807, 2.05) is 26.2 Å². The average molecular weight is 310 g/mol. The van der Waals surface area contributed by atoms with Gasteiger partial charge in [-0.1, -0.05) is 25.0 Å². The van der Waals surface area contributed by atoms with Crippen LogP contribution in [0.2, 0.25) is 4.73 Å². The Hall–Kier alpha value is -0.406. The Bertz CT molecular complexity index is 258. The molecule has 1 aliphatic carbocycles. The molecule has 0 N–H and O–H groups in total. The molecule has 0 atom stereocenters. The maximum absolute atomic E-state index is 3.85.